The lowest BCUT2D eigenvalue weighted by Crippen LogP contribution is -2.44. The van der Waals surface area contributed by atoms with Crippen LogP contribution in [0, 0.1) is 0 Å². The number of benzene rings is 1. The lowest BCUT2D eigenvalue weighted by molar-refractivity contribution is 0.394. The predicted molar refractivity (Wildman–Crippen MR) is 73.1 cm³/mol. The number of nitrogens with one attached hydrogen (secondary N) is 1. The van der Waals surface area contributed by atoms with Crippen molar-refractivity contribution in [1.82, 2.24) is 5.32 Å². The summed E-state index contributed by atoms with van der Waals surface area (Å²) in [5.41, 5.74) is 7.31. The molecule has 0 bridgehead atoms. The Morgan fingerprint density at radius 2 is 1.88 bits per heavy atom. The zero-order valence-electron chi connectivity index (χ0n) is 10.7. The molecule has 0 aromatic heterocycles. The molecule has 0 amide bonds. The minimum atomic E-state index is 0.403. The maximum Gasteiger partial charge on any atom is 0.0258 e. The molecule has 2 rings (SSSR count). The first-order chi connectivity index (χ1) is 8.31. The minimum Gasteiger partial charge on any atom is -0.329 e. The highest BCUT2D eigenvalue weighted by atomic mass is 15.0. The maximum atomic E-state index is 5.93. The van der Waals surface area contributed by atoms with E-state index in [0.717, 1.165) is 0 Å². The molecule has 2 heteroatoms. The Kier molecular flexibility index (Phi) is 4.57. The largest absolute Gasteiger partial charge is 0.329 e. The molecule has 94 valence electrons. The molecule has 2 nitrogen and oxygen atoms in total. The third kappa shape index (κ3) is 3.30. The van der Waals surface area contributed by atoms with Crippen LogP contribution in [0.2, 0.25) is 0 Å². The van der Waals surface area contributed by atoms with Crippen LogP contribution in [0.15, 0.2) is 30.3 Å². The van der Waals surface area contributed by atoms with E-state index in [1.54, 1.807) is 0 Å². The van der Waals surface area contributed by atoms with Gasteiger partial charge in [-0.15, -0.1) is 0 Å². The van der Waals surface area contributed by atoms with Crippen molar-refractivity contribution in [2.24, 2.45) is 5.73 Å². The molecule has 0 spiro atoms. The number of hydrogen-bond donors (Lipinski definition) is 2. The van der Waals surface area contributed by atoms with Crippen molar-refractivity contribution in [1.29, 1.82) is 0 Å². The lowest BCUT2D eigenvalue weighted by atomic mass is 9.92. The van der Waals surface area contributed by atoms with Gasteiger partial charge in [0.05, 0.1) is 0 Å². The van der Waals surface area contributed by atoms with E-state index in [2.05, 4.69) is 42.6 Å². The summed E-state index contributed by atoms with van der Waals surface area (Å²) in [6, 6.07) is 11.8. The van der Waals surface area contributed by atoms with Gasteiger partial charge in [0.25, 0.3) is 0 Å². The molecule has 2 atom stereocenters. The number of hydrogen-bond acceptors (Lipinski definition) is 2. The van der Waals surface area contributed by atoms with Gasteiger partial charge in [0.1, 0.15) is 0 Å². The summed E-state index contributed by atoms with van der Waals surface area (Å²) in [6.45, 7) is 2.99. The fourth-order valence-corrected chi connectivity index (χ4v) is 2.80. The molecular formula is C15H24N2. The third-order valence-electron chi connectivity index (χ3n) is 3.99. The second-order valence-electron chi connectivity index (χ2n) is 5.19. The molecule has 1 aliphatic carbocycles. The van der Waals surface area contributed by atoms with Crippen molar-refractivity contribution < 1.29 is 0 Å². The van der Waals surface area contributed by atoms with Gasteiger partial charge in [0.2, 0.25) is 0 Å². The van der Waals surface area contributed by atoms with Gasteiger partial charge in [-0.1, -0.05) is 50.1 Å². The fraction of sp³-hybridized carbons (Fsp3) is 0.600. The molecule has 2 unspecified atom stereocenters. The van der Waals surface area contributed by atoms with Crippen LogP contribution in [0.4, 0.5) is 0 Å². The summed E-state index contributed by atoms with van der Waals surface area (Å²) in [5, 5.41) is 3.74. The second kappa shape index (κ2) is 6.18. The molecular weight excluding hydrogens is 208 g/mol. The van der Waals surface area contributed by atoms with Gasteiger partial charge in [-0.25, -0.2) is 0 Å². The van der Waals surface area contributed by atoms with Gasteiger partial charge >= 0.3 is 0 Å². The van der Waals surface area contributed by atoms with Crippen LogP contribution in [0.25, 0.3) is 0 Å². The fourth-order valence-electron chi connectivity index (χ4n) is 2.80. The first-order valence-electron chi connectivity index (χ1n) is 6.82. The van der Waals surface area contributed by atoms with E-state index in [1.165, 1.54) is 31.2 Å². The van der Waals surface area contributed by atoms with E-state index in [9.17, 15) is 0 Å². The molecule has 1 aromatic carbocycles. The molecule has 1 fully saturated rings. The molecule has 0 heterocycles. The lowest BCUT2D eigenvalue weighted by Gasteiger charge is -2.27. The number of rotatable bonds is 5. The first kappa shape index (κ1) is 12.6. The van der Waals surface area contributed by atoms with Crippen molar-refractivity contribution >= 4 is 0 Å². The van der Waals surface area contributed by atoms with Gasteiger partial charge in [0.15, 0.2) is 0 Å². The SMILES string of the molecule is CC(c1ccccc1)C(CN)NC1CCCC1. The average Bonchev–Trinajstić information content (AvgIpc) is 2.89. The number of nitrogens with two attached hydrogens (primary N) is 1. The highest BCUT2D eigenvalue weighted by molar-refractivity contribution is 5.20. The van der Waals surface area contributed by atoms with Crippen LogP contribution in [0.1, 0.15) is 44.1 Å². The summed E-state index contributed by atoms with van der Waals surface area (Å²) in [6.07, 6.45) is 5.37. The van der Waals surface area contributed by atoms with Crippen LogP contribution in [0.5, 0.6) is 0 Å². The van der Waals surface area contributed by atoms with Gasteiger partial charge in [0, 0.05) is 18.6 Å². The Balaban J connectivity index is 1.97. The zero-order valence-corrected chi connectivity index (χ0v) is 10.7. The Labute approximate surface area is 105 Å². The van der Waals surface area contributed by atoms with E-state index in [1.807, 2.05) is 0 Å². The summed E-state index contributed by atoms with van der Waals surface area (Å²) in [4.78, 5) is 0. The molecule has 17 heavy (non-hydrogen) atoms. The molecule has 3 N–H and O–H groups in total. The van der Waals surface area contributed by atoms with Crippen molar-refractivity contribution in [3.8, 4) is 0 Å². The van der Waals surface area contributed by atoms with E-state index in [0.29, 0.717) is 24.5 Å². The Hall–Kier alpha value is -0.860. The quantitative estimate of drug-likeness (QED) is 0.819. The van der Waals surface area contributed by atoms with Crippen LogP contribution < -0.4 is 11.1 Å². The molecule has 0 radical (unpaired) electrons. The zero-order chi connectivity index (χ0) is 12.1. The van der Waals surface area contributed by atoms with E-state index in [-0.39, 0.29) is 0 Å². The van der Waals surface area contributed by atoms with Crippen molar-refractivity contribution in [2.75, 3.05) is 6.54 Å². The molecule has 1 saturated carbocycles. The topological polar surface area (TPSA) is 38.0 Å². The normalized spacial score (nSPS) is 20.4. The van der Waals surface area contributed by atoms with Gasteiger partial charge < -0.3 is 11.1 Å². The van der Waals surface area contributed by atoms with Crippen LogP contribution in [-0.4, -0.2) is 18.6 Å². The van der Waals surface area contributed by atoms with Crippen molar-refractivity contribution in [3.05, 3.63) is 35.9 Å². The predicted octanol–water partition coefficient (Wildman–Crippen LogP) is 2.65. The molecule has 0 saturated heterocycles. The van der Waals surface area contributed by atoms with Crippen LogP contribution in [0.3, 0.4) is 0 Å². The van der Waals surface area contributed by atoms with E-state index in [4.69, 9.17) is 5.73 Å². The van der Waals surface area contributed by atoms with Crippen LogP contribution >= 0.6 is 0 Å². The average molecular weight is 232 g/mol. The highest BCUT2D eigenvalue weighted by Gasteiger charge is 2.22. The second-order valence-corrected chi connectivity index (χ2v) is 5.19. The molecule has 1 aliphatic rings. The molecule has 0 aliphatic heterocycles. The van der Waals surface area contributed by atoms with E-state index < -0.39 is 0 Å². The Bertz CT molecular complexity index is 317. The smallest absolute Gasteiger partial charge is 0.0258 e. The summed E-state index contributed by atoms with van der Waals surface area (Å²) in [7, 11) is 0. The summed E-state index contributed by atoms with van der Waals surface area (Å²) in [5.74, 6) is 0.488. The van der Waals surface area contributed by atoms with Gasteiger partial charge in [-0.3, -0.25) is 0 Å². The summed E-state index contributed by atoms with van der Waals surface area (Å²) < 4.78 is 0. The standard InChI is InChI=1S/C15H24N2/c1-12(13-7-3-2-4-8-13)15(11-16)17-14-9-5-6-10-14/h2-4,7-8,12,14-15,17H,5-6,9-11,16H2,1H3. The van der Waals surface area contributed by atoms with Crippen molar-refractivity contribution in [2.45, 2.75) is 50.6 Å². The Morgan fingerprint density at radius 1 is 1.24 bits per heavy atom. The van der Waals surface area contributed by atoms with Gasteiger partial charge in [-0.05, 0) is 24.3 Å². The summed E-state index contributed by atoms with van der Waals surface area (Å²) >= 11 is 0. The van der Waals surface area contributed by atoms with Gasteiger partial charge in [-0.2, -0.15) is 0 Å². The van der Waals surface area contributed by atoms with Crippen LogP contribution in [-0.2, 0) is 0 Å². The minimum absolute atomic E-state index is 0.403. The van der Waals surface area contributed by atoms with E-state index >= 15 is 0 Å². The Morgan fingerprint density at radius 3 is 2.47 bits per heavy atom. The van der Waals surface area contributed by atoms with Crippen molar-refractivity contribution in [3.63, 3.8) is 0 Å². The molecule has 1 aromatic rings. The maximum absolute atomic E-state index is 5.93. The third-order valence-corrected chi connectivity index (χ3v) is 3.99. The highest BCUT2D eigenvalue weighted by Crippen LogP contribution is 2.23. The monoisotopic (exact) mass is 232 g/mol. The first-order valence-corrected chi connectivity index (χ1v) is 6.82.